The standard InChI is InChI=1S/C38H28B3Br2O7/c42-31-15-23-35(24-16-31)46-37(27-7-3-1-4-8-27)44-33-19-11-29(12-20-33)40-48-39-49-41(50-40)30-13-21-34(22-14-30)45-38(28-9-5-2-6-10-28)47-36-25-17-32(43)18-26-36/h1-26,37-38H. The Balaban J connectivity index is 0.998. The van der Waals surface area contributed by atoms with Gasteiger partial charge in [0.1, 0.15) is 23.0 Å². The summed E-state index contributed by atoms with van der Waals surface area (Å²) >= 11 is 6.94. The van der Waals surface area contributed by atoms with Crippen LogP contribution in [0, 0.1) is 0 Å². The van der Waals surface area contributed by atoms with Crippen molar-refractivity contribution in [2.75, 3.05) is 0 Å². The molecule has 0 bridgehead atoms. The van der Waals surface area contributed by atoms with Gasteiger partial charge in [0, 0.05) is 20.1 Å². The topological polar surface area (TPSA) is 64.6 Å². The third-order valence-electron chi connectivity index (χ3n) is 7.65. The van der Waals surface area contributed by atoms with E-state index in [9.17, 15) is 0 Å². The summed E-state index contributed by atoms with van der Waals surface area (Å²) in [6, 6.07) is 49.9. The van der Waals surface area contributed by atoms with Crippen LogP contribution < -0.4 is 29.9 Å². The second kappa shape index (κ2) is 16.5. The molecule has 2 unspecified atom stereocenters. The molecule has 1 radical (unpaired) electrons. The summed E-state index contributed by atoms with van der Waals surface area (Å²) in [6.45, 7) is 0. The Morgan fingerprint density at radius 1 is 0.420 bits per heavy atom. The van der Waals surface area contributed by atoms with E-state index in [1.54, 1.807) is 0 Å². The fraction of sp³-hybridized carbons (Fsp3) is 0.0526. The normalized spacial score (nSPS) is 13.9. The highest BCUT2D eigenvalue weighted by Gasteiger charge is 2.36. The molecule has 1 saturated heterocycles. The first-order valence-corrected chi connectivity index (χ1v) is 17.4. The van der Waals surface area contributed by atoms with Crippen molar-refractivity contribution in [2.24, 2.45) is 0 Å². The molecule has 12 heteroatoms. The van der Waals surface area contributed by atoms with Crippen LogP contribution >= 0.6 is 31.9 Å². The summed E-state index contributed by atoms with van der Waals surface area (Å²) < 4.78 is 44.6. The minimum absolute atomic E-state index is 0.626. The fourth-order valence-corrected chi connectivity index (χ4v) is 5.62. The lowest BCUT2D eigenvalue weighted by Gasteiger charge is -2.26. The van der Waals surface area contributed by atoms with E-state index >= 15 is 0 Å². The van der Waals surface area contributed by atoms with Gasteiger partial charge in [0.25, 0.3) is 12.6 Å². The van der Waals surface area contributed by atoms with Gasteiger partial charge < -0.3 is 32.7 Å². The Labute approximate surface area is 309 Å². The van der Waals surface area contributed by atoms with Crippen molar-refractivity contribution in [3.05, 3.63) is 178 Å². The number of halogens is 2. The first-order valence-electron chi connectivity index (χ1n) is 15.8. The maximum absolute atomic E-state index is 6.30. The zero-order chi connectivity index (χ0) is 34.1. The third kappa shape index (κ3) is 9.01. The molecule has 0 spiro atoms. The second-order valence-electron chi connectivity index (χ2n) is 11.2. The average molecular weight is 789 g/mol. The van der Waals surface area contributed by atoms with Gasteiger partial charge in [0.15, 0.2) is 0 Å². The maximum atomic E-state index is 6.30. The summed E-state index contributed by atoms with van der Waals surface area (Å²) in [7, 11) is -0.0725. The molecule has 1 fully saturated rings. The van der Waals surface area contributed by atoms with Crippen molar-refractivity contribution in [2.45, 2.75) is 12.6 Å². The molecule has 0 saturated carbocycles. The molecule has 6 aromatic carbocycles. The van der Waals surface area contributed by atoms with Gasteiger partial charge >= 0.3 is 21.9 Å². The number of ether oxygens (including phenoxy) is 4. The van der Waals surface area contributed by atoms with Crippen molar-refractivity contribution >= 4 is 64.7 Å². The number of hydrogen-bond donors (Lipinski definition) is 0. The molecular weight excluding hydrogens is 761 g/mol. The van der Waals surface area contributed by atoms with E-state index in [0.29, 0.717) is 23.0 Å². The van der Waals surface area contributed by atoms with E-state index in [1.165, 1.54) is 7.69 Å². The average Bonchev–Trinajstić information content (AvgIpc) is 3.17. The third-order valence-corrected chi connectivity index (χ3v) is 8.71. The van der Waals surface area contributed by atoms with Gasteiger partial charge in [-0.25, -0.2) is 0 Å². The Hall–Kier alpha value is -4.45. The lowest BCUT2D eigenvalue weighted by Crippen LogP contribution is -2.54. The Kier molecular flexibility index (Phi) is 11.2. The predicted molar refractivity (Wildman–Crippen MR) is 202 cm³/mol. The molecule has 7 rings (SSSR count). The van der Waals surface area contributed by atoms with Crippen LogP contribution in [0.2, 0.25) is 0 Å². The van der Waals surface area contributed by atoms with Crippen LogP contribution in [0.15, 0.2) is 167 Å². The van der Waals surface area contributed by atoms with E-state index in [1.807, 2.05) is 158 Å². The SMILES string of the molecule is Brc1ccc(OC(Oc2ccc(B3O[B]OB(c4ccc(OC(Oc5ccc(Br)cc5)c5ccccc5)cc4)O3)cc2)c2ccccc2)cc1. The quantitative estimate of drug-likeness (QED) is 0.0916. The summed E-state index contributed by atoms with van der Waals surface area (Å²) in [5.74, 6) is 2.63. The molecule has 0 aromatic heterocycles. The first-order chi connectivity index (χ1) is 24.6. The zero-order valence-corrected chi connectivity index (χ0v) is 29.7. The lowest BCUT2D eigenvalue weighted by atomic mass is 9.67. The number of hydrogen-bond acceptors (Lipinski definition) is 7. The molecular formula is C38H28B3Br2O7. The maximum Gasteiger partial charge on any atom is 0.466 e. The van der Waals surface area contributed by atoms with Gasteiger partial charge in [-0.3, -0.25) is 0 Å². The van der Waals surface area contributed by atoms with Crippen molar-refractivity contribution in [3.63, 3.8) is 0 Å². The van der Waals surface area contributed by atoms with Crippen LogP contribution in [0.25, 0.3) is 0 Å². The van der Waals surface area contributed by atoms with Crippen LogP contribution in [0.3, 0.4) is 0 Å². The largest absolute Gasteiger partial charge is 0.466 e. The van der Waals surface area contributed by atoms with E-state index in [0.717, 1.165) is 31.0 Å². The smallest absolute Gasteiger partial charge is 0.451 e. The minimum Gasteiger partial charge on any atom is -0.451 e. The molecule has 0 aliphatic carbocycles. The Morgan fingerprint density at radius 3 is 1.08 bits per heavy atom. The van der Waals surface area contributed by atoms with Crippen molar-refractivity contribution in [1.82, 2.24) is 0 Å². The van der Waals surface area contributed by atoms with Crippen LogP contribution in [-0.4, -0.2) is 21.9 Å². The predicted octanol–water partition coefficient (Wildman–Crippen LogP) is 8.21. The summed E-state index contributed by atoms with van der Waals surface area (Å²) in [6.07, 6.45) is -1.31. The summed E-state index contributed by atoms with van der Waals surface area (Å²) in [5.41, 5.74) is 3.36. The van der Waals surface area contributed by atoms with E-state index in [2.05, 4.69) is 31.9 Å². The summed E-state index contributed by atoms with van der Waals surface area (Å²) in [5, 5.41) is 0. The second-order valence-corrected chi connectivity index (χ2v) is 13.0. The van der Waals surface area contributed by atoms with Gasteiger partial charge in [0.05, 0.1) is 0 Å². The molecule has 6 aromatic rings. The Bertz CT molecular complexity index is 1800. The van der Waals surface area contributed by atoms with Crippen LogP contribution in [0.5, 0.6) is 23.0 Å². The highest BCUT2D eigenvalue weighted by atomic mass is 79.9. The molecule has 1 aliphatic heterocycles. The molecule has 0 amide bonds. The molecule has 245 valence electrons. The van der Waals surface area contributed by atoms with Crippen LogP contribution in [-0.2, 0) is 13.7 Å². The van der Waals surface area contributed by atoms with E-state index in [4.69, 9.17) is 32.7 Å². The molecule has 0 N–H and O–H groups in total. The van der Waals surface area contributed by atoms with Gasteiger partial charge in [0.2, 0.25) is 0 Å². The molecule has 1 aliphatic rings. The van der Waals surface area contributed by atoms with Crippen molar-refractivity contribution < 1.29 is 32.7 Å². The number of rotatable bonds is 12. The molecule has 50 heavy (non-hydrogen) atoms. The monoisotopic (exact) mass is 787 g/mol. The number of benzene rings is 6. The first kappa shape index (κ1) is 34.0. The zero-order valence-electron chi connectivity index (χ0n) is 26.5. The molecule has 7 nitrogen and oxygen atoms in total. The van der Waals surface area contributed by atoms with Gasteiger partial charge in [-0.2, -0.15) is 0 Å². The fourth-order valence-electron chi connectivity index (χ4n) is 5.09. The Morgan fingerprint density at radius 2 is 0.740 bits per heavy atom. The van der Waals surface area contributed by atoms with Gasteiger partial charge in [-0.1, -0.05) is 117 Å². The van der Waals surface area contributed by atoms with E-state index in [-0.39, 0.29) is 0 Å². The van der Waals surface area contributed by atoms with E-state index < -0.39 is 26.8 Å². The van der Waals surface area contributed by atoms with Crippen LogP contribution in [0.4, 0.5) is 0 Å². The molecule has 1 heterocycles. The minimum atomic E-state index is -0.690. The highest BCUT2D eigenvalue weighted by Crippen LogP contribution is 2.28. The summed E-state index contributed by atoms with van der Waals surface area (Å²) in [4.78, 5) is 0. The van der Waals surface area contributed by atoms with Gasteiger partial charge in [-0.05, 0) is 83.7 Å². The van der Waals surface area contributed by atoms with Crippen molar-refractivity contribution in [1.29, 1.82) is 0 Å². The lowest BCUT2D eigenvalue weighted by molar-refractivity contribution is 0.00354. The highest BCUT2D eigenvalue weighted by molar-refractivity contribution is 9.10. The van der Waals surface area contributed by atoms with Crippen LogP contribution in [0.1, 0.15) is 23.7 Å². The van der Waals surface area contributed by atoms with Crippen molar-refractivity contribution in [3.8, 4) is 23.0 Å². The van der Waals surface area contributed by atoms with Gasteiger partial charge in [-0.15, -0.1) is 0 Å². The molecule has 2 atom stereocenters.